The predicted octanol–water partition coefficient (Wildman–Crippen LogP) is 3.75. The number of para-hydroxylation sites is 1. The minimum absolute atomic E-state index is 0.161. The topological polar surface area (TPSA) is 84.9 Å². The van der Waals surface area contributed by atoms with E-state index in [0.717, 1.165) is 5.75 Å². The third kappa shape index (κ3) is 5.11. The Hall–Kier alpha value is -3.20. The van der Waals surface area contributed by atoms with Crippen molar-refractivity contribution >= 4 is 21.6 Å². The number of rotatable bonds is 6. The first kappa shape index (κ1) is 21.0. The number of hydrogen-bond acceptors (Lipinski definition) is 5. The largest absolute Gasteiger partial charge is 0.457 e. The number of nitrogens with zero attached hydrogens (tertiary/aromatic N) is 1. The first-order valence-electron chi connectivity index (χ1n) is 9.85. The Morgan fingerprint density at radius 3 is 2.10 bits per heavy atom. The molecule has 1 heterocycles. The number of nitrogens with one attached hydrogen (secondary N) is 1. The van der Waals surface area contributed by atoms with Crippen LogP contribution in [-0.4, -0.2) is 44.9 Å². The molecule has 0 unspecified atom stereocenters. The molecule has 0 atom stereocenters. The second-order valence-corrected chi connectivity index (χ2v) is 8.87. The molecule has 0 aliphatic carbocycles. The zero-order valence-electron chi connectivity index (χ0n) is 16.7. The molecule has 0 bridgehead atoms. The number of ether oxygens (including phenoxy) is 2. The summed E-state index contributed by atoms with van der Waals surface area (Å²) in [5, 5.41) is 2.80. The zero-order valence-corrected chi connectivity index (χ0v) is 17.5. The first-order valence-corrected chi connectivity index (χ1v) is 11.3. The fourth-order valence-electron chi connectivity index (χ4n) is 3.15. The summed E-state index contributed by atoms with van der Waals surface area (Å²) in [5.74, 6) is 1.06. The normalized spacial score (nSPS) is 14.7. The van der Waals surface area contributed by atoms with Gasteiger partial charge >= 0.3 is 0 Å². The molecule has 1 saturated heterocycles. The highest BCUT2D eigenvalue weighted by molar-refractivity contribution is 7.89. The van der Waals surface area contributed by atoms with Crippen LogP contribution in [0.25, 0.3) is 0 Å². The molecule has 0 spiro atoms. The third-order valence-corrected chi connectivity index (χ3v) is 6.73. The highest BCUT2D eigenvalue weighted by Gasteiger charge is 2.26. The molecule has 3 aromatic rings. The summed E-state index contributed by atoms with van der Waals surface area (Å²) >= 11 is 0. The van der Waals surface area contributed by atoms with Crippen LogP contribution >= 0.6 is 0 Å². The van der Waals surface area contributed by atoms with Crippen molar-refractivity contribution in [1.29, 1.82) is 0 Å². The summed E-state index contributed by atoms with van der Waals surface area (Å²) in [6.07, 6.45) is 0. The van der Waals surface area contributed by atoms with E-state index in [1.54, 1.807) is 24.3 Å². The molecule has 4 rings (SSSR count). The van der Waals surface area contributed by atoms with Crippen LogP contribution in [0.5, 0.6) is 11.5 Å². The molecule has 31 heavy (non-hydrogen) atoms. The van der Waals surface area contributed by atoms with Gasteiger partial charge in [-0.25, -0.2) is 8.42 Å². The van der Waals surface area contributed by atoms with Crippen LogP contribution in [-0.2, 0) is 14.8 Å². The van der Waals surface area contributed by atoms with E-state index < -0.39 is 10.0 Å². The van der Waals surface area contributed by atoms with Crippen LogP contribution in [0.4, 0.5) is 5.69 Å². The molecular weight excluding hydrogens is 416 g/mol. The molecule has 1 amide bonds. The number of benzene rings is 3. The summed E-state index contributed by atoms with van der Waals surface area (Å²) in [7, 11) is -3.59. The van der Waals surface area contributed by atoms with Crippen molar-refractivity contribution in [1.82, 2.24) is 4.31 Å². The van der Waals surface area contributed by atoms with E-state index in [1.165, 1.54) is 28.6 Å². The van der Waals surface area contributed by atoms with Gasteiger partial charge in [0.1, 0.15) is 11.5 Å². The fourth-order valence-corrected chi connectivity index (χ4v) is 4.56. The van der Waals surface area contributed by atoms with Gasteiger partial charge in [-0.2, -0.15) is 4.31 Å². The van der Waals surface area contributed by atoms with Crippen molar-refractivity contribution < 1.29 is 22.7 Å². The molecule has 0 radical (unpaired) electrons. The van der Waals surface area contributed by atoms with Gasteiger partial charge in [0, 0.05) is 24.3 Å². The molecule has 8 heteroatoms. The monoisotopic (exact) mass is 438 g/mol. The van der Waals surface area contributed by atoms with Gasteiger partial charge in [0.05, 0.1) is 18.1 Å². The smallest absolute Gasteiger partial charge is 0.255 e. The van der Waals surface area contributed by atoms with E-state index >= 15 is 0 Å². The Morgan fingerprint density at radius 2 is 1.45 bits per heavy atom. The Labute approximate surface area is 181 Å². The summed E-state index contributed by atoms with van der Waals surface area (Å²) in [6.45, 7) is 1.42. The molecule has 1 aliphatic heterocycles. The lowest BCUT2D eigenvalue weighted by molar-refractivity contribution is 0.0730. The molecule has 0 aromatic heterocycles. The maximum atomic E-state index is 12.7. The van der Waals surface area contributed by atoms with Gasteiger partial charge in [-0.3, -0.25) is 4.79 Å². The van der Waals surface area contributed by atoms with Crippen molar-refractivity contribution in [2.45, 2.75) is 4.90 Å². The highest BCUT2D eigenvalue weighted by atomic mass is 32.2. The average Bonchev–Trinajstić information content (AvgIpc) is 2.82. The van der Waals surface area contributed by atoms with E-state index in [2.05, 4.69) is 5.32 Å². The lowest BCUT2D eigenvalue weighted by Gasteiger charge is -2.26. The number of anilines is 1. The molecule has 1 N–H and O–H groups in total. The molecule has 7 nitrogen and oxygen atoms in total. The van der Waals surface area contributed by atoms with Crippen molar-refractivity contribution in [3.63, 3.8) is 0 Å². The second-order valence-electron chi connectivity index (χ2n) is 6.93. The standard InChI is InChI=1S/C23H22N2O5S/c26-23(24-19-8-10-21(11-9-19)30-20-4-2-1-3-5-20)18-6-12-22(13-7-18)31(27,28)25-14-16-29-17-15-25/h1-13H,14-17H2,(H,24,26). The lowest BCUT2D eigenvalue weighted by Crippen LogP contribution is -2.40. The Balaban J connectivity index is 1.39. The van der Waals surface area contributed by atoms with Crippen molar-refractivity contribution in [2.75, 3.05) is 31.6 Å². The number of morpholine rings is 1. The van der Waals surface area contributed by atoms with Crippen molar-refractivity contribution in [3.8, 4) is 11.5 Å². The Bertz CT molecular complexity index is 1120. The molecule has 160 valence electrons. The Kier molecular flexibility index (Phi) is 6.31. The van der Waals surface area contributed by atoms with Gasteiger partial charge < -0.3 is 14.8 Å². The maximum absolute atomic E-state index is 12.7. The van der Waals surface area contributed by atoms with Gasteiger partial charge in [-0.05, 0) is 60.7 Å². The molecule has 3 aromatic carbocycles. The number of amides is 1. The SMILES string of the molecule is O=C(Nc1ccc(Oc2ccccc2)cc1)c1ccc(S(=O)(=O)N2CCOCC2)cc1. The number of hydrogen-bond donors (Lipinski definition) is 1. The van der Waals surface area contributed by atoms with Crippen LogP contribution in [0.15, 0.2) is 83.8 Å². The first-order chi connectivity index (χ1) is 15.0. The van der Waals surface area contributed by atoms with Crippen LogP contribution in [0.2, 0.25) is 0 Å². The maximum Gasteiger partial charge on any atom is 0.255 e. The summed E-state index contributed by atoms with van der Waals surface area (Å²) in [6, 6.07) is 22.4. The zero-order chi connectivity index (χ0) is 21.7. The quantitative estimate of drug-likeness (QED) is 0.634. The number of carbonyl (C=O) groups is 1. The number of carbonyl (C=O) groups excluding carboxylic acids is 1. The van der Waals surface area contributed by atoms with Gasteiger partial charge in [0.25, 0.3) is 5.91 Å². The van der Waals surface area contributed by atoms with Crippen LogP contribution < -0.4 is 10.1 Å². The lowest BCUT2D eigenvalue weighted by atomic mass is 10.2. The van der Waals surface area contributed by atoms with Gasteiger partial charge in [-0.15, -0.1) is 0 Å². The number of sulfonamides is 1. The summed E-state index contributed by atoms with van der Waals surface area (Å²) in [4.78, 5) is 12.7. The van der Waals surface area contributed by atoms with Crippen LogP contribution in [0, 0.1) is 0 Å². The molecule has 0 saturated carbocycles. The fraction of sp³-hybridized carbons (Fsp3) is 0.174. The van der Waals surface area contributed by atoms with Gasteiger partial charge in [0.15, 0.2) is 0 Å². The second kappa shape index (κ2) is 9.30. The van der Waals surface area contributed by atoms with E-state index in [1.807, 2.05) is 30.3 Å². The van der Waals surface area contributed by atoms with Crippen molar-refractivity contribution in [2.24, 2.45) is 0 Å². The molecule has 1 aliphatic rings. The van der Waals surface area contributed by atoms with Gasteiger partial charge in [0.2, 0.25) is 10.0 Å². The van der Waals surface area contributed by atoms with E-state index in [0.29, 0.717) is 43.3 Å². The minimum atomic E-state index is -3.59. The van der Waals surface area contributed by atoms with Crippen molar-refractivity contribution in [3.05, 3.63) is 84.4 Å². The minimum Gasteiger partial charge on any atom is -0.457 e. The molecular formula is C23H22N2O5S. The predicted molar refractivity (Wildman–Crippen MR) is 117 cm³/mol. The highest BCUT2D eigenvalue weighted by Crippen LogP contribution is 2.23. The Morgan fingerprint density at radius 1 is 0.839 bits per heavy atom. The summed E-state index contributed by atoms with van der Waals surface area (Å²) in [5.41, 5.74) is 0.973. The third-order valence-electron chi connectivity index (χ3n) is 4.82. The molecule has 1 fully saturated rings. The summed E-state index contributed by atoms with van der Waals surface area (Å²) < 4.78 is 37.7. The van der Waals surface area contributed by atoms with Crippen LogP contribution in [0.1, 0.15) is 10.4 Å². The average molecular weight is 439 g/mol. The van der Waals surface area contributed by atoms with E-state index in [-0.39, 0.29) is 10.8 Å². The van der Waals surface area contributed by atoms with E-state index in [9.17, 15) is 13.2 Å². The van der Waals surface area contributed by atoms with E-state index in [4.69, 9.17) is 9.47 Å². The van der Waals surface area contributed by atoms with Gasteiger partial charge in [-0.1, -0.05) is 18.2 Å². The van der Waals surface area contributed by atoms with Crippen LogP contribution in [0.3, 0.4) is 0 Å².